The molecule has 3 N–H and O–H groups in total. The molecule has 39 heavy (non-hydrogen) atoms. The number of aliphatic hydroxyl groups is 1. The molecule has 1 saturated heterocycles. The summed E-state index contributed by atoms with van der Waals surface area (Å²) in [6.45, 7) is 7.68. The van der Waals surface area contributed by atoms with E-state index in [2.05, 4.69) is 35.6 Å². The molecule has 1 aliphatic heterocycles. The molecule has 4 aromatic heterocycles. The Kier molecular flexibility index (Phi) is 7.91. The number of halogens is 1. The number of fused-ring (bicyclic) bond motifs is 1. The van der Waals surface area contributed by atoms with Crippen molar-refractivity contribution in [1.29, 1.82) is 0 Å². The second-order valence-corrected chi connectivity index (χ2v) is 9.37. The van der Waals surface area contributed by atoms with Gasteiger partial charge in [-0.1, -0.05) is 6.08 Å². The fourth-order valence-corrected chi connectivity index (χ4v) is 4.29. The summed E-state index contributed by atoms with van der Waals surface area (Å²) < 4.78 is 23.3. The highest BCUT2D eigenvalue weighted by Crippen LogP contribution is 2.26. The van der Waals surface area contributed by atoms with E-state index in [9.17, 15) is 14.3 Å². The second-order valence-electron chi connectivity index (χ2n) is 9.37. The Balaban J connectivity index is 1.31. The van der Waals surface area contributed by atoms with Crippen LogP contribution >= 0.6 is 0 Å². The number of pyridine rings is 1. The Labute approximate surface area is 224 Å². The van der Waals surface area contributed by atoms with E-state index in [-0.39, 0.29) is 17.7 Å². The first-order chi connectivity index (χ1) is 18.9. The van der Waals surface area contributed by atoms with Gasteiger partial charge in [-0.3, -0.25) is 18.9 Å². The molecule has 204 valence electrons. The molecule has 0 bridgehead atoms. The third kappa shape index (κ3) is 6.45. The molecule has 1 fully saturated rings. The number of aryl methyl sites for hydroxylation is 1. The van der Waals surface area contributed by atoms with Crippen molar-refractivity contribution < 1.29 is 19.0 Å². The second kappa shape index (κ2) is 11.7. The molecule has 13 heteroatoms. The minimum atomic E-state index is -0.619. The zero-order valence-electron chi connectivity index (χ0n) is 21.7. The number of nitrogens with one attached hydrogen (secondary N) is 2. The largest absolute Gasteiger partial charge is 0.391 e. The van der Waals surface area contributed by atoms with Crippen LogP contribution in [0, 0.1) is 12.7 Å². The Hall–Kier alpha value is -4.20. The topological polar surface area (TPSA) is 135 Å². The van der Waals surface area contributed by atoms with Gasteiger partial charge in [-0.15, -0.1) is 0 Å². The number of amides is 1. The number of nitrogens with zero attached hydrogens (tertiary/aromatic N) is 7. The lowest BCUT2D eigenvalue weighted by Gasteiger charge is -2.24. The number of ether oxygens (including phenoxy) is 1. The number of carbonyl (C=O) groups excluding carboxylic acids is 1. The van der Waals surface area contributed by atoms with Crippen LogP contribution in [0.25, 0.3) is 16.9 Å². The van der Waals surface area contributed by atoms with E-state index in [1.54, 1.807) is 40.8 Å². The summed E-state index contributed by atoms with van der Waals surface area (Å²) in [6, 6.07) is 1.80. The van der Waals surface area contributed by atoms with Crippen LogP contribution in [-0.2, 0) is 16.1 Å². The monoisotopic (exact) mass is 535 g/mol. The SMILES string of the molecule is Cc1cn(-c2nc(Nc3cnn(CC(C)O)c3)ncc2F)c2ncc(NC(=O)/C=C/CN3CCOCC3)cc12. The third-order valence-electron chi connectivity index (χ3n) is 6.14. The van der Waals surface area contributed by atoms with Crippen LogP contribution in [0.5, 0.6) is 0 Å². The van der Waals surface area contributed by atoms with Crippen molar-refractivity contribution in [3.05, 3.63) is 60.6 Å². The summed E-state index contributed by atoms with van der Waals surface area (Å²) in [6.07, 6.45) is 10.4. The van der Waals surface area contributed by atoms with E-state index >= 15 is 0 Å². The number of hydrogen-bond acceptors (Lipinski definition) is 9. The molecule has 5 heterocycles. The van der Waals surface area contributed by atoms with E-state index in [1.807, 2.05) is 13.0 Å². The lowest BCUT2D eigenvalue weighted by molar-refractivity contribution is -0.111. The van der Waals surface area contributed by atoms with E-state index in [4.69, 9.17) is 4.74 Å². The lowest BCUT2D eigenvalue weighted by atomic mass is 10.2. The smallest absolute Gasteiger partial charge is 0.248 e. The normalized spacial score (nSPS) is 15.2. The Morgan fingerprint density at radius 3 is 2.82 bits per heavy atom. The zero-order valence-corrected chi connectivity index (χ0v) is 21.7. The quantitative estimate of drug-likeness (QED) is 0.276. The molecule has 1 unspecified atom stereocenters. The molecule has 0 aromatic carbocycles. The minimum Gasteiger partial charge on any atom is -0.391 e. The van der Waals surface area contributed by atoms with Gasteiger partial charge in [0.05, 0.1) is 55.8 Å². The summed E-state index contributed by atoms with van der Waals surface area (Å²) in [5, 5.41) is 20.3. The Morgan fingerprint density at radius 2 is 2.03 bits per heavy atom. The molecule has 1 aliphatic rings. The molecule has 12 nitrogen and oxygen atoms in total. The molecular weight excluding hydrogens is 505 g/mol. The van der Waals surface area contributed by atoms with Gasteiger partial charge in [0, 0.05) is 43.5 Å². The molecule has 5 rings (SSSR count). The molecule has 4 aromatic rings. The van der Waals surface area contributed by atoms with Crippen LogP contribution in [0.1, 0.15) is 12.5 Å². The fourth-order valence-electron chi connectivity index (χ4n) is 4.29. The van der Waals surface area contributed by atoms with Crippen LogP contribution in [-0.4, -0.2) is 84.2 Å². The van der Waals surface area contributed by atoms with Crippen molar-refractivity contribution >= 4 is 34.3 Å². The van der Waals surface area contributed by atoms with Crippen molar-refractivity contribution in [2.24, 2.45) is 0 Å². The molecular formula is C26H30FN9O3. The number of rotatable bonds is 9. The first-order valence-corrected chi connectivity index (χ1v) is 12.6. The van der Waals surface area contributed by atoms with E-state index in [0.717, 1.165) is 30.2 Å². The highest BCUT2D eigenvalue weighted by atomic mass is 19.1. The first-order valence-electron chi connectivity index (χ1n) is 12.6. The first kappa shape index (κ1) is 26.4. The van der Waals surface area contributed by atoms with Gasteiger partial charge < -0.3 is 20.5 Å². The third-order valence-corrected chi connectivity index (χ3v) is 6.14. The van der Waals surface area contributed by atoms with E-state index < -0.39 is 11.9 Å². The summed E-state index contributed by atoms with van der Waals surface area (Å²) in [7, 11) is 0. The van der Waals surface area contributed by atoms with Crippen LogP contribution in [0.2, 0.25) is 0 Å². The predicted molar refractivity (Wildman–Crippen MR) is 144 cm³/mol. The van der Waals surface area contributed by atoms with Crippen molar-refractivity contribution in [2.45, 2.75) is 26.5 Å². The highest BCUT2D eigenvalue weighted by Gasteiger charge is 2.16. The van der Waals surface area contributed by atoms with Crippen molar-refractivity contribution in [3.63, 3.8) is 0 Å². The van der Waals surface area contributed by atoms with Crippen LogP contribution < -0.4 is 10.6 Å². The maximum atomic E-state index is 14.9. The van der Waals surface area contributed by atoms with Gasteiger partial charge in [0.25, 0.3) is 0 Å². The van der Waals surface area contributed by atoms with Crippen molar-refractivity contribution in [2.75, 3.05) is 43.5 Å². The number of aliphatic hydroxyl groups excluding tert-OH is 1. The van der Waals surface area contributed by atoms with Crippen molar-refractivity contribution in [3.8, 4) is 5.82 Å². The number of morpholine rings is 1. The maximum Gasteiger partial charge on any atom is 0.248 e. The Morgan fingerprint density at radius 1 is 1.21 bits per heavy atom. The summed E-state index contributed by atoms with van der Waals surface area (Å²) >= 11 is 0. The van der Waals surface area contributed by atoms with Gasteiger partial charge in [0.1, 0.15) is 5.65 Å². The van der Waals surface area contributed by atoms with E-state index in [1.165, 1.54) is 12.3 Å². The molecule has 0 radical (unpaired) electrons. The summed E-state index contributed by atoms with van der Waals surface area (Å²) in [5.41, 5.74) is 2.45. The molecule has 0 spiro atoms. The molecule has 0 saturated carbocycles. The average Bonchev–Trinajstić information content (AvgIpc) is 3.48. The van der Waals surface area contributed by atoms with Gasteiger partial charge in [-0.25, -0.2) is 14.4 Å². The van der Waals surface area contributed by atoms with Gasteiger partial charge >= 0.3 is 0 Å². The molecule has 1 atom stereocenters. The zero-order chi connectivity index (χ0) is 27.4. The summed E-state index contributed by atoms with van der Waals surface area (Å²) in [4.78, 5) is 27.5. The summed E-state index contributed by atoms with van der Waals surface area (Å²) in [5.74, 6) is -0.671. The van der Waals surface area contributed by atoms with Crippen molar-refractivity contribution in [1.82, 2.24) is 34.2 Å². The van der Waals surface area contributed by atoms with Gasteiger partial charge in [0.15, 0.2) is 11.6 Å². The highest BCUT2D eigenvalue weighted by molar-refractivity contribution is 6.00. The Bertz CT molecular complexity index is 1490. The van der Waals surface area contributed by atoms with Crippen LogP contribution in [0.4, 0.5) is 21.7 Å². The average molecular weight is 536 g/mol. The maximum absolute atomic E-state index is 14.9. The predicted octanol–water partition coefficient (Wildman–Crippen LogP) is 2.41. The standard InChI is InChI=1S/C26H30FN9O3/c1-17-14-36(25-22(27)13-29-26(33-25)32-20-12-30-35(16-20)15-18(2)37)24-21(17)10-19(11-28-24)31-23(38)4-3-5-34-6-8-39-9-7-34/h3-4,10-14,16,18,37H,5-9,15H2,1-2H3,(H,31,38)(H,29,32,33)/b4-3+. The molecule has 0 aliphatic carbocycles. The van der Waals surface area contributed by atoms with Gasteiger partial charge in [0.2, 0.25) is 11.9 Å². The van der Waals surface area contributed by atoms with Crippen LogP contribution in [0.3, 0.4) is 0 Å². The fraction of sp³-hybridized carbons (Fsp3) is 0.346. The van der Waals surface area contributed by atoms with Gasteiger partial charge in [-0.05, 0) is 25.5 Å². The lowest BCUT2D eigenvalue weighted by Crippen LogP contribution is -2.36. The minimum absolute atomic E-state index is 0.0253. The number of hydrogen-bond donors (Lipinski definition) is 3. The number of anilines is 3. The van der Waals surface area contributed by atoms with Crippen LogP contribution in [0.15, 0.2) is 49.2 Å². The van der Waals surface area contributed by atoms with Gasteiger partial charge in [-0.2, -0.15) is 10.1 Å². The number of carbonyl (C=O) groups is 1. The van der Waals surface area contributed by atoms with E-state index in [0.29, 0.717) is 43.3 Å². The number of aromatic nitrogens is 6. The molecule has 1 amide bonds.